The number of hydrogen-bond donors (Lipinski definition) is 2. The summed E-state index contributed by atoms with van der Waals surface area (Å²) >= 11 is 0. The molecule has 1 aromatic carbocycles. The summed E-state index contributed by atoms with van der Waals surface area (Å²) < 4.78 is 0. The van der Waals surface area contributed by atoms with Crippen molar-refractivity contribution in [1.29, 1.82) is 0 Å². The molecule has 0 heterocycles. The summed E-state index contributed by atoms with van der Waals surface area (Å²) in [6.07, 6.45) is 0. The van der Waals surface area contributed by atoms with Gasteiger partial charge >= 0.3 is 6.04 Å². The van der Waals surface area contributed by atoms with E-state index in [1.165, 1.54) is 12.1 Å². The molecule has 6 heteroatoms. The molecule has 2 N–H and O–H groups in total. The molecule has 0 aliphatic rings. The predicted octanol–water partition coefficient (Wildman–Crippen LogP) is 0.891. The van der Waals surface area contributed by atoms with Crippen molar-refractivity contribution in [3.05, 3.63) is 46.0 Å². The van der Waals surface area contributed by atoms with Gasteiger partial charge in [0.2, 0.25) is 0 Å². The van der Waals surface area contributed by atoms with Gasteiger partial charge < -0.3 is 10.4 Å². The van der Waals surface area contributed by atoms with Crippen LogP contribution in [0.1, 0.15) is 25.5 Å². The Balaban J connectivity index is 2.94. The number of carbonyl (C=O) groups is 1. The van der Waals surface area contributed by atoms with E-state index in [1.807, 2.05) is 0 Å². The summed E-state index contributed by atoms with van der Waals surface area (Å²) in [5.74, 6) is -0.731. The summed E-state index contributed by atoms with van der Waals surface area (Å²) in [6.45, 7) is 2.89. The molecule has 98 valence electrons. The van der Waals surface area contributed by atoms with Crippen molar-refractivity contribution in [2.75, 3.05) is 6.61 Å². The van der Waals surface area contributed by atoms with E-state index in [9.17, 15) is 14.9 Å². The lowest BCUT2D eigenvalue weighted by Gasteiger charge is -2.24. The number of hydrogen-bond acceptors (Lipinski definition) is 4. The van der Waals surface area contributed by atoms with E-state index < -0.39 is 22.4 Å². The molecule has 0 radical (unpaired) electrons. The van der Waals surface area contributed by atoms with Crippen LogP contribution in [0.2, 0.25) is 0 Å². The average molecular weight is 252 g/mol. The van der Waals surface area contributed by atoms with Gasteiger partial charge in [-0.25, -0.2) is 0 Å². The topological polar surface area (TPSA) is 92.5 Å². The first-order chi connectivity index (χ1) is 8.37. The number of rotatable bonds is 5. The van der Waals surface area contributed by atoms with Crippen LogP contribution >= 0.6 is 0 Å². The third kappa shape index (κ3) is 3.53. The summed E-state index contributed by atoms with van der Waals surface area (Å²) in [5.41, 5.74) is -0.575. The van der Waals surface area contributed by atoms with Gasteiger partial charge in [0.25, 0.3) is 5.91 Å². The van der Waals surface area contributed by atoms with E-state index in [1.54, 1.807) is 32.0 Å². The predicted molar refractivity (Wildman–Crippen MR) is 65.5 cm³/mol. The van der Waals surface area contributed by atoms with Crippen LogP contribution in [-0.4, -0.2) is 28.1 Å². The number of aliphatic hydroxyl groups is 1. The molecule has 0 saturated carbocycles. The van der Waals surface area contributed by atoms with E-state index >= 15 is 0 Å². The van der Waals surface area contributed by atoms with E-state index in [0.29, 0.717) is 5.56 Å². The smallest absolute Gasteiger partial charge is 0.314 e. The number of nitrogens with zero attached hydrogens (tertiary/aromatic N) is 1. The average Bonchev–Trinajstić information content (AvgIpc) is 2.29. The summed E-state index contributed by atoms with van der Waals surface area (Å²) in [4.78, 5) is 22.3. The Bertz CT molecular complexity index is 431. The third-order valence-corrected chi connectivity index (χ3v) is 2.43. The zero-order chi connectivity index (χ0) is 13.8. The summed E-state index contributed by atoms with van der Waals surface area (Å²) in [7, 11) is 0. The molecule has 0 fully saturated rings. The van der Waals surface area contributed by atoms with Crippen molar-refractivity contribution in [3.8, 4) is 0 Å². The highest BCUT2D eigenvalue weighted by Gasteiger charge is 2.34. The minimum Gasteiger partial charge on any atom is -0.394 e. The Kier molecular flexibility index (Phi) is 4.38. The van der Waals surface area contributed by atoms with Crippen LogP contribution in [0.5, 0.6) is 0 Å². The van der Waals surface area contributed by atoms with Gasteiger partial charge in [0.1, 0.15) is 0 Å². The highest BCUT2D eigenvalue weighted by molar-refractivity contribution is 5.82. The van der Waals surface area contributed by atoms with Crippen molar-refractivity contribution in [1.82, 2.24) is 5.32 Å². The maximum atomic E-state index is 11.9. The van der Waals surface area contributed by atoms with E-state index in [-0.39, 0.29) is 6.61 Å². The molecule has 0 spiro atoms. The molecular formula is C12H16N2O4. The van der Waals surface area contributed by atoms with Crippen LogP contribution < -0.4 is 5.32 Å². The van der Waals surface area contributed by atoms with Gasteiger partial charge in [-0.1, -0.05) is 30.3 Å². The fraction of sp³-hybridized carbons (Fsp3) is 0.417. The first kappa shape index (κ1) is 14.1. The zero-order valence-electron chi connectivity index (χ0n) is 10.3. The number of carbonyl (C=O) groups excluding carboxylic acids is 1. The molecule has 0 aliphatic carbocycles. The second-order valence-electron chi connectivity index (χ2n) is 4.63. The van der Waals surface area contributed by atoms with Gasteiger partial charge in [-0.05, 0) is 13.8 Å². The second kappa shape index (κ2) is 5.59. The van der Waals surface area contributed by atoms with Crippen LogP contribution in [0, 0.1) is 10.1 Å². The lowest BCUT2D eigenvalue weighted by molar-refractivity contribution is -0.513. The van der Waals surface area contributed by atoms with Crippen molar-refractivity contribution in [2.45, 2.75) is 25.4 Å². The molecule has 1 rings (SSSR count). The highest BCUT2D eigenvalue weighted by Crippen LogP contribution is 2.17. The summed E-state index contributed by atoms with van der Waals surface area (Å²) in [6, 6.07) is 6.58. The van der Waals surface area contributed by atoms with Crippen molar-refractivity contribution < 1.29 is 14.8 Å². The Morgan fingerprint density at radius 3 is 2.44 bits per heavy atom. The van der Waals surface area contributed by atoms with Gasteiger partial charge in [0.05, 0.1) is 12.1 Å². The molecule has 6 nitrogen and oxygen atoms in total. The molecule has 18 heavy (non-hydrogen) atoms. The minimum absolute atomic E-state index is 0.294. The van der Waals surface area contributed by atoms with Gasteiger partial charge in [0.15, 0.2) is 0 Å². The molecule has 1 atom stereocenters. The number of benzene rings is 1. The van der Waals surface area contributed by atoms with Crippen LogP contribution in [0.15, 0.2) is 30.3 Å². The third-order valence-electron chi connectivity index (χ3n) is 2.43. The molecule has 1 aromatic rings. The summed E-state index contributed by atoms with van der Waals surface area (Å²) in [5, 5.41) is 22.5. The normalized spacial score (nSPS) is 12.8. The van der Waals surface area contributed by atoms with Crippen molar-refractivity contribution in [3.63, 3.8) is 0 Å². The monoisotopic (exact) mass is 252 g/mol. The largest absolute Gasteiger partial charge is 0.394 e. The lowest BCUT2D eigenvalue weighted by Crippen LogP contribution is -2.49. The Hall–Kier alpha value is -1.95. The Labute approximate surface area is 105 Å². The maximum absolute atomic E-state index is 11.9. The van der Waals surface area contributed by atoms with Crippen molar-refractivity contribution >= 4 is 5.91 Å². The molecule has 0 bridgehead atoms. The van der Waals surface area contributed by atoms with Crippen LogP contribution in [0.25, 0.3) is 0 Å². The molecule has 0 aromatic heterocycles. The van der Waals surface area contributed by atoms with Gasteiger partial charge in [-0.2, -0.15) is 0 Å². The number of aliphatic hydroxyl groups excluding tert-OH is 1. The zero-order valence-corrected chi connectivity index (χ0v) is 10.3. The van der Waals surface area contributed by atoms with Crippen LogP contribution in [0.4, 0.5) is 0 Å². The molecule has 0 aliphatic heterocycles. The van der Waals surface area contributed by atoms with Crippen LogP contribution in [0.3, 0.4) is 0 Å². The highest BCUT2D eigenvalue weighted by atomic mass is 16.6. The fourth-order valence-electron chi connectivity index (χ4n) is 1.45. The first-order valence-electron chi connectivity index (χ1n) is 5.49. The van der Waals surface area contributed by atoms with Gasteiger partial charge in [-0.3, -0.25) is 14.9 Å². The molecule has 1 unspecified atom stereocenters. The number of nitro groups is 1. The van der Waals surface area contributed by atoms with E-state index in [0.717, 1.165) is 0 Å². The van der Waals surface area contributed by atoms with E-state index in [4.69, 9.17) is 5.11 Å². The lowest BCUT2D eigenvalue weighted by atomic mass is 10.0. The minimum atomic E-state index is -1.46. The van der Waals surface area contributed by atoms with E-state index in [2.05, 4.69) is 5.32 Å². The van der Waals surface area contributed by atoms with Gasteiger partial charge in [-0.15, -0.1) is 0 Å². The number of nitrogens with one attached hydrogen (secondary N) is 1. The second-order valence-corrected chi connectivity index (χ2v) is 4.63. The van der Waals surface area contributed by atoms with Gasteiger partial charge in [0, 0.05) is 10.5 Å². The Morgan fingerprint density at radius 1 is 1.44 bits per heavy atom. The quantitative estimate of drug-likeness (QED) is 0.601. The van der Waals surface area contributed by atoms with Crippen LogP contribution in [-0.2, 0) is 4.79 Å². The first-order valence-corrected chi connectivity index (χ1v) is 5.49. The SMILES string of the molecule is CC(C)(CO)NC(=O)C(c1ccccc1)[N+](=O)[O-]. The standard InChI is InChI=1S/C12H16N2O4/c1-12(2,8-15)13-11(16)10(14(17)18)9-6-4-3-5-7-9/h3-7,10,15H,8H2,1-2H3,(H,13,16). The molecule has 0 saturated heterocycles. The molecule has 1 amide bonds. The molecular weight excluding hydrogens is 236 g/mol. The number of amides is 1. The Morgan fingerprint density at radius 2 is 2.00 bits per heavy atom. The van der Waals surface area contributed by atoms with Crippen molar-refractivity contribution in [2.24, 2.45) is 0 Å². The maximum Gasteiger partial charge on any atom is 0.314 e. The fourth-order valence-corrected chi connectivity index (χ4v) is 1.45.